The normalized spacial score (nSPS) is 10.7. The van der Waals surface area contributed by atoms with Gasteiger partial charge in [0.05, 0.1) is 23.9 Å². The fourth-order valence-corrected chi connectivity index (χ4v) is 2.14. The summed E-state index contributed by atoms with van der Waals surface area (Å²) in [7, 11) is 0. The molecule has 4 heteroatoms. The summed E-state index contributed by atoms with van der Waals surface area (Å²) in [5.74, 6) is -0.328. The molecule has 20 heavy (non-hydrogen) atoms. The van der Waals surface area contributed by atoms with Gasteiger partial charge in [-0.15, -0.1) is 0 Å². The molecule has 0 saturated heterocycles. The van der Waals surface area contributed by atoms with Gasteiger partial charge >= 0.3 is 0 Å². The Bertz CT molecular complexity index is 745. The van der Waals surface area contributed by atoms with E-state index in [1.807, 2.05) is 31.2 Å². The number of aryl methyl sites for hydroxylation is 1. The van der Waals surface area contributed by atoms with E-state index in [-0.39, 0.29) is 5.82 Å². The van der Waals surface area contributed by atoms with Crippen LogP contribution in [0.5, 0.6) is 0 Å². The molecule has 0 aliphatic carbocycles. The predicted octanol–water partition coefficient (Wildman–Crippen LogP) is 3.57. The highest BCUT2D eigenvalue weighted by Crippen LogP contribution is 2.25. The highest BCUT2D eigenvalue weighted by atomic mass is 19.1. The van der Waals surface area contributed by atoms with Gasteiger partial charge in [0.25, 0.3) is 0 Å². The summed E-state index contributed by atoms with van der Waals surface area (Å²) in [6.45, 7) is 2.03. The van der Waals surface area contributed by atoms with Crippen molar-refractivity contribution in [2.45, 2.75) is 6.92 Å². The van der Waals surface area contributed by atoms with Gasteiger partial charge in [-0.05, 0) is 25.1 Å². The predicted molar refractivity (Wildman–Crippen MR) is 78.1 cm³/mol. The number of imidazole rings is 1. The molecular formula is C16H14FN3. The van der Waals surface area contributed by atoms with E-state index in [0.29, 0.717) is 11.4 Å². The molecule has 0 bridgehead atoms. The van der Waals surface area contributed by atoms with Crippen molar-refractivity contribution in [2.24, 2.45) is 0 Å². The summed E-state index contributed by atoms with van der Waals surface area (Å²) < 4.78 is 15.7. The van der Waals surface area contributed by atoms with Gasteiger partial charge in [-0.2, -0.15) is 0 Å². The van der Waals surface area contributed by atoms with Crippen LogP contribution in [0.25, 0.3) is 16.9 Å². The lowest BCUT2D eigenvalue weighted by Crippen LogP contribution is -2.00. The molecule has 0 spiro atoms. The SMILES string of the molecule is Cc1ccc(-c2cncn2-c2cc(N)ccc2F)cc1. The number of nitrogens with zero attached hydrogens (tertiary/aromatic N) is 2. The zero-order valence-electron chi connectivity index (χ0n) is 11.0. The standard InChI is InChI=1S/C16H14FN3/c1-11-2-4-12(5-3-11)16-9-19-10-20(16)15-8-13(18)6-7-14(15)17/h2-10H,18H2,1H3. The highest BCUT2D eigenvalue weighted by molar-refractivity contribution is 5.63. The van der Waals surface area contributed by atoms with E-state index >= 15 is 0 Å². The number of hydrogen-bond donors (Lipinski definition) is 1. The van der Waals surface area contributed by atoms with Gasteiger partial charge in [0.15, 0.2) is 0 Å². The lowest BCUT2D eigenvalue weighted by molar-refractivity contribution is 0.619. The molecule has 0 atom stereocenters. The van der Waals surface area contributed by atoms with Crippen LogP contribution in [0.15, 0.2) is 55.0 Å². The molecule has 0 aliphatic rings. The first-order valence-electron chi connectivity index (χ1n) is 6.30. The summed E-state index contributed by atoms with van der Waals surface area (Å²) in [5.41, 5.74) is 9.65. The number of aromatic nitrogens is 2. The second kappa shape index (κ2) is 4.81. The summed E-state index contributed by atoms with van der Waals surface area (Å²) in [6, 6.07) is 12.5. The molecular weight excluding hydrogens is 253 g/mol. The average Bonchev–Trinajstić information content (AvgIpc) is 2.91. The Balaban J connectivity index is 2.15. The molecule has 1 aromatic heterocycles. The second-order valence-corrected chi connectivity index (χ2v) is 4.73. The molecule has 3 aromatic rings. The Hall–Kier alpha value is -2.62. The van der Waals surface area contributed by atoms with Crippen LogP contribution in [0.1, 0.15) is 5.56 Å². The van der Waals surface area contributed by atoms with Gasteiger partial charge < -0.3 is 5.73 Å². The number of nitrogen functional groups attached to an aromatic ring is 1. The summed E-state index contributed by atoms with van der Waals surface area (Å²) >= 11 is 0. The summed E-state index contributed by atoms with van der Waals surface area (Å²) in [6.07, 6.45) is 3.31. The van der Waals surface area contributed by atoms with Crippen LogP contribution in [0.3, 0.4) is 0 Å². The molecule has 0 fully saturated rings. The first-order valence-corrected chi connectivity index (χ1v) is 6.30. The maximum absolute atomic E-state index is 14.0. The van der Waals surface area contributed by atoms with Crippen LogP contribution in [-0.2, 0) is 0 Å². The zero-order chi connectivity index (χ0) is 14.1. The van der Waals surface area contributed by atoms with Crippen molar-refractivity contribution >= 4 is 5.69 Å². The Morgan fingerprint density at radius 3 is 2.60 bits per heavy atom. The van der Waals surface area contributed by atoms with Gasteiger partial charge in [0.1, 0.15) is 5.82 Å². The minimum atomic E-state index is -0.328. The quantitative estimate of drug-likeness (QED) is 0.721. The number of nitrogens with two attached hydrogens (primary N) is 1. The van der Waals surface area contributed by atoms with E-state index in [2.05, 4.69) is 4.98 Å². The van der Waals surface area contributed by atoms with E-state index < -0.39 is 0 Å². The van der Waals surface area contributed by atoms with Crippen molar-refractivity contribution < 1.29 is 4.39 Å². The van der Waals surface area contributed by atoms with Crippen LogP contribution in [0.2, 0.25) is 0 Å². The largest absolute Gasteiger partial charge is 0.399 e. The molecule has 100 valence electrons. The Morgan fingerprint density at radius 1 is 1.10 bits per heavy atom. The first kappa shape index (κ1) is 12.4. The van der Waals surface area contributed by atoms with E-state index in [4.69, 9.17) is 5.73 Å². The molecule has 2 N–H and O–H groups in total. The second-order valence-electron chi connectivity index (χ2n) is 4.73. The Labute approximate surface area is 116 Å². The van der Waals surface area contributed by atoms with E-state index in [9.17, 15) is 4.39 Å². The highest BCUT2D eigenvalue weighted by Gasteiger charge is 2.11. The Kier molecular flexibility index (Phi) is 2.99. The van der Waals surface area contributed by atoms with Crippen LogP contribution in [-0.4, -0.2) is 9.55 Å². The topological polar surface area (TPSA) is 43.8 Å². The molecule has 0 saturated carbocycles. The summed E-state index contributed by atoms with van der Waals surface area (Å²) in [4.78, 5) is 4.12. The van der Waals surface area contributed by atoms with Gasteiger partial charge in [-0.3, -0.25) is 4.57 Å². The summed E-state index contributed by atoms with van der Waals surface area (Å²) in [5, 5.41) is 0. The van der Waals surface area contributed by atoms with Crippen molar-refractivity contribution in [1.29, 1.82) is 0 Å². The molecule has 0 amide bonds. The molecule has 2 aromatic carbocycles. The lowest BCUT2D eigenvalue weighted by atomic mass is 10.1. The van der Waals surface area contributed by atoms with Gasteiger partial charge in [0.2, 0.25) is 0 Å². The molecule has 0 unspecified atom stereocenters. The maximum atomic E-state index is 14.0. The van der Waals surface area contributed by atoms with E-state index in [1.54, 1.807) is 29.2 Å². The van der Waals surface area contributed by atoms with Crippen LogP contribution in [0.4, 0.5) is 10.1 Å². The van der Waals surface area contributed by atoms with Crippen molar-refractivity contribution in [3.63, 3.8) is 0 Å². The number of halogens is 1. The monoisotopic (exact) mass is 267 g/mol. The molecule has 3 rings (SSSR count). The fraction of sp³-hybridized carbons (Fsp3) is 0.0625. The third-order valence-electron chi connectivity index (χ3n) is 3.22. The minimum absolute atomic E-state index is 0.328. The first-order chi connectivity index (χ1) is 9.65. The minimum Gasteiger partial charge on any atom is -0.399 e. The fourth-order valence-electron chi connectivity index (χ4n) is 2.14. The molecule has 1 heterocycles. The number of hydrogen-bond acceptors (Lipinski definition) is 2. The van der Waals surface area contributed by atoms with E-state index in [0.717, 1.165) is 11.3 Å². The van der Waals surface area contributed by atoms with E-state index in [1.165, 1.54) is 11.6 Å². The smallest absolute Gasteiger partial charge is 0.147 e. The van der Waals surface area contributed by atoms with Crippen molar-refractivity contribution in [2.75, 3.05) is 5.73 Å². The third-order valence-corrected chi connectivity index (χ3v) is 3.22. The Morgan fingerprint density at radius 2 is 1.85 bits per heavy atom. The number of benzene rings is 2. The van der Waals surface area contributed by atoms with Crippen molar-refractivity contribution in [3.05, 3.63) is 66.4 Å². The zero-order valence-corrected chi connectivity index (χ0v) is 11.0. The number of anilines is 1. The third kappa shape index (κ3) is 2.16. The van der Waals surface area contributed by atoms with Crippen LogP contribution >= 0.6 is 0 Å². The maximum Gasteiger partial charge on any atom is 0.147 e. The molecule has 3 nitrogen and oxygen atoms in total. The average molecular weight is 267 g/mol. The van der Waals surface area contributed by atoms with Gasteiger partial charge in [-0.1, -0.05) is 29.8 Å². The van der Waals surface area contributed by atoms with Crippen LogP contribution in [0, 0.1) is 12.7 Å². The number of rotatable bonds is 2. The van der Waals surface area contributed by atoms with Crippen LogP contribution < -0.4 is 5.73 Å². The van der Waals surface area contributed by atoms with Gasteiger partial charge in [0, 0.05) is 11.3 Å². The molecule has 0 aliphatic heterocycles. The van der Waals surface area contributed by atoms with Crippen molar-refractivity contribution in [1.82, 2.24) is 9.55 Å². The molecule has 0 radical (unpaired) electrons. The van der Waals surface area contributed by atoms with Gasteiger partial charge in [-0.25, -0.2) is 9.37 Å². The van der Waals surface area contributed by atoms with Crippen molar-refractivity contribution in [3.8, 4) is 16.9 Å². The lowest BCUT2D eigenvalue weighted by Gasteiger charge is -2.10.